The summed E-state index contributed by atoms with van der Waals surface area (Å²) in [6, 6.07) is 17.1. The maximum absolute atomic E-state index is 12.6. The van der Waals surface area contributed by atoms with Crippen LogP contribution in [0.2, 0.25) is 0 Å². The standard InChI is InChI=1S/C20H19NO5/c22-17(23)10-11-18(24)26-20(25)21-13-12-14-6-4-5-9-16(14)19(21)15-7-2-1-3-8-15/h1-9,19H,10-13H2,(H,22,23)/t19-/m0/s1. The number of fused-ring (bicyclic) bond motifs is 1. The maximum atomic E-state index is 12.6. The molecule has 0 bridgehead atoms. The zero-order valence-electron chi connectivity index (χ0n) is 14.1. The summed E-state index contributed by atoms with van der Waals surface area (Å²) >= 11 is 0. The summed E-state index contributed by atoms with van der Waals surface area (Å²) in [6.45, 7) is 0.418. The van der Waals surface area contributed by atoms with Crippen LogP contribution in [0.4, 0.5) is 4.79 Å². The zero-order valence-corrected chi connectivity index (χ0v) is 14.1. The fourth-order valence-corrected chi connectivity index (χ4v) is 3.17. The molecule has 0 aromatic heterocycles. The quantitative estimate of drug-likeness (QED) is 0.674. The monoisotopic (exact) mass is 353 g/mol. The average Bonchev–Trinajstić information content (AvgIpc) is 2.66. The van der Waals surface area contributed by atoms with Crippen LogP contribution in [0.15, 0.2) is 54.6 Å². The molecule has 1 atom stereocenters. The Hall–Kier alpha value is -3.15. The van der Waals surface area contributed by atoms with E-state index in [2.05, 4.69) is 0 Å². The molecule has 1 aliphatic rings. The van der Waals surface area contributed by atoms with E-state index in [1.54, 1.807) is 0 Å². The largest absolute Gasteiger partial charge is 0.481 e. The lowest BCUT2D eigenvalue weighted by atomic mass is 9.88. The summed E-state index contributed by atoms with van der Waals surface area (Å²) in [7, 11) is 0. The van der Waals surface area contributed by atoms with Crippen molar-refractivity contribution in [3.63, 3.8) is 0 Å². The SMILES string of the molecule is O=C(O)CCC(=O)OC(=O)N1CCc2ccccc2[C@@H]1c1ccccc1. The van der Waals surface area contributed by atoms with Gasteiger partial charge in [-0.2, -0.15) is 0 Å². The van der Waals surface area contributed by atoms with E-state index in [0.29, 0.717) is 13.0 Å². The van der Waals surface area contributed by atoms with Crippen LogP contribution in [-0.2, 0) is 20.7 Å². The highest BCUT2D eigenvalue weighted by molar-refractivity contribution is 5.86. The first-order valence-electron chi connectivity index (χ1n) is 8.42. The average molecular weight is 353 g/mol. The third-order valence-corrected chi connectivity index (χ3v) is 4.38. The lowest BCUT2D eigenvalue weighted by molar-refractivity contribution is -0.144. The minimum absolute atomic E-state index is 0.332. The van der Waals surface area contributed by atoms with E-state index < -0.39 is 18.0 Å². The molecule has 3 rings (SSSR count). The Labute approximate surface area is 151 Å². The number of rotatable bonds is 4. The maximum Gasteiger partial charge on any atom is 0.418 e. The molecular formula is C20H19NO5. The van der Waals surface area contributed by atoms with E-state index in [-0.39, 0.29) is 18.9 Å². The fourth-order valence-electron chi connectivity index (χ4n) is 3.17. The van der Waals surface area contributed by atoms with E-state index in [1.165, 1.54) is 4.90 Å². The minimum atomic E-state index is -1.11. The summed E-state index contributed by atoms with van der Waals surface area (Å²) in [5.74, 6) is -1.94. The first-order valence-corrected chi connectivity index (χ1v) is 8.42. The topological polar surface area (TPSA) is 83.9 Å². The third kappa shape index (κ3) is 3.91. The van der Waals surface area contributed by atoms with Crippen LogP contribution in [0.25, 0.3) is 0 Å². The molecule has 6 heteroatoms. The number of carboxylic acid groups (broad SMARTS) is 1. The predicted molar refractivity (Wildman–Crippen MR) is 93.5 cm³/mol. The van der Waals surface area contributed by atoms with E-state index in [4.69, 9.17) is 9.84 Å². The van der Waals surface area contributed by atoms with E-state index in [0.717, 1.165) is 16.7 Å². The van der Waals surface area contributed by atoms with Crippen molar-refractivity contribution in [2.24, 2.45) is 0 Å². The number of benzene rings is 2. The molecule has 1 N–H and O–H groups in total. The van der Waals surface area contributed by atoms with Crippen LogP contribution in [0.3, 0.4) is 0 Å². The normalized spacial score (nSPS) is 15.8. The molecule has 0 radical (unpaired) electrons. The molecular weight excluding hydrogens is 334 g/mol. The highest BCUT2D eigenvalue weighted by atomic mass is 16.6. The Bertz CT molecular complexity index is 818. The lowest BCUT2D eigenvalue weighted by Gasteiger charge is -2.36. The van der Waals surface area contributed by atoms with Crippen molar-refractivity contribution >= 4 is 18.0 Å². The zero-order chi connectivity index (χ0) is 18.5. The van der Waals surface area contributed by atoms with Crippen LogP contribution in [0, 0.1) is 0 Å². The van der Waals surface area contributed by atoms with Gasteiger partial charge >= 0.3 is 18.0 Å². The van der Waals surface area contributed by atoms with Gasteiger partial charge in [0.05, 0.1) is 18.9 Å². The van der Waals surface area contributed by atoms with Gasteiger partial charge in [-0.05, 0) is 23.1 Å². The highest BCUT2D eigenvalue weighted by Crippen LogP contribution is 2.35. The molecule has 6 nitrogen and oxygen atoms in total. The number of amides is 1. The number of carbonyl (C=O) groups is 3. The van der Waals surface area contributed by atoms with Gasteiger partial charge in [0.15, 0.2) is 0 Å². The number of hydrogen-bond donors (Lipinski definition) is 1. The van der Waals surface area contributed by atoms with Gasteiger partial charge in [0.1, 0.15) is 0 Å². The molecule has 2 aromatic rings. The van der Waals surface area contributed by atoms with Gasteiger partial charge in [0.25, 0.3) is 0 Å². The molecule has 0 fully saturated rings. The Kier molecular flexibility index (Phi) is 5.31. The van der Waals surface area contributed by atoms with Crippen molar-refractivity contribution < 1.29 is 24.2 Å². The summed E-state index contributed by atoms with van der Waals surface area (Å²) < 4.78 is 4.89. The third-order valence-electron chi connectivity index (χ3n) is 4.38. The van der Waals surface area contributed by atoms with Gasteiger partial charge in [-0.1, -0.05) is 54.6 Å². The predicted octanol–water partition coefficient (Wildman–Crippen LogP) is 3.16. The molecule has 1 heterocycles. The Morgan fingerprint density at radius 1 is 1.00 bits per heavy atom. The van der Waals surface area contributed by atoms with Crippen LogP contribution in [0.5, 0.6) is 0 Å². The second-order valence-corrected chi connectivity index (χ2v) is 6.09. The van der Waals surface area contributed by atoms with E-state index in [9.17, 15) is 14.4 Å². The van der Waals surface area contributed by atoms with Crippen LogP contribution in [-0.4, -0.2) is 34.6 Å². The number of carboxylic acids is 1. The van der Waals surface area contributed by atoms with Crippen molar-refractivity contribution in [2.45, 2.75) is 25.3 Å². The van der Waals surface area contributed by atoms with Gasteiger partial charge < -0.3 is 9.84 Å². The van der Waals surface area contributed by atoms with Crippen molar-refractivity contribution in [1.29, 1.82) is 0 Å². The Morgan fingerprint density at radius 3 is 2.42 bits per heavy atom. The second kappa shape index (κ2) is 7.82. The van der Waals surface area contributed by atoms with Gasteiger partial charge in [0, 0.05) is 6.54 Å². The summed E-state index contributed by atoms with van der Waals surface area (Å²) in [5.41, 5.74) is 3.08. The van der Waals surface area contributed by atoms with Crippen LogP contribution in [0.1, 0.15) is 35.6 Å². The summed E-state index contributed by atoms with van der Waals surface area (Å²) in [6.07, 6.45) is -0.778. The molecule has 1 aliphatic heterocycles. The molecule has 26 heavy (non-hydrogen) atoms. The number of aliphatic carboxylic acids is 1. The van der Waals surface area contributed by atoms with Crippen molar-refractivity contribution in [3.05, 3.63) is 71.3 Å². The Morgan fingerprint density at radius 2 is 1.69 bits per heavy atom. The molecule has 0 spiro atoms. The molecule has 134 valence electrons. The number of esters is 1. The first kappa shape index (κ1) is 17.7. The fraction of sp³-hybridized carbons (Fsp3) is 0.250. The minimum Gasteiger partial charge on any atom is -0.481 e. The number of carbonyl (C=O) groups excluding carboxylic acids is 2. The van der Waals surface area contributed by atoms with Gasteiger partial charge in [0.2, 0.25) is 0 Å². The summed E-state index contributed by atoms with van der Waals surface area (Å²) in [5, 5.41) is 8.64. The first-order chi connectivity index (χ1) is 12.6. The van der Waals surface area contributed by atoms with Gasteiger partial charge in [-0.25, -0.2) is 4.79 Å². The van der Waals surface area contributed by atoms with E-state index in [1.807, 2.05) is 54.6 Å². The number of hydrogen-bond acceptors (Lipinski definition) is 4. The number of ether oxygens (including phenoxy) is 1. The lowest BCUT2D eigenvalue weighted by Crippen LogP contribution is -2.41. The molecule has 0 saturated heterocycles. The smallest absolute Gasteiger partial charge is 0.418 e. The highest BCUT2D eigenvalue weighted by Gasteiger charge is 2.33. The molecule has 0 unspecified atom stereocenters. The summed E-state index contributed by atoms with van der Waals surface area (Å²) in [4.78, 5) is 36.4. The van der Waals surface area contributed by atoms with Crippen LogP contribution >= 0.6 is 0 Å². The van der Waals surface area contributed by atoms with Gasteiger partial charge in [-0.15, -0.1) is 0 Å². The van der Waals surface area contributed by atoms with Crippen molar-refractivity contribution in [2.75, 3.05) is 6.54 Å². The molecule has 2 aromatic carbocycles. The van der Waals surface area contributed by atoms with Gasteiger partial charge in [-0.3, -0.25) is 14.5 Å². The van der Waals surface area contributed by atoms with E-state index >= 15 is 0 Å². The Balaban J connectivity index is 1.85. The number of nitrogens with zero attached hydrogens (tertiary/aromatic N) is 1. The molecule has 0 aliphatic carbocycles. The van der Waals surface area contributed by atoms with Crippen molar-refractivity contribution in [1.82, 2.24) is 4.90 Å². The molecule has 1 amide bonds. The molecule has 0 saturated carbocycles. The second-order valence-electron chi connectivity index (χ2n) is 6.09. The van der Waals surface area contributed by atoms with Crippen molar-refractivity contribution in [3.8, 4) is 0 Å². The van der Waals surface area contributed by atoms with Crippen LogP contribution < -0.4 is 0 Å².